The van der Waals surface area contributed by atoms with Gasteiger partial charge in [0.15, 0.2) is 50.3 Å². The maximum atomic E-state index is 11.5. The van der Waals surface area contributed by atoms with Gasteiger partial charge in [-0.25, -0.2) is 0 Å². The third-order valence-corrected chi connectivity index (χ3v) is 17.1. The van der Waals surface area contributed by atoms with Crippen LogP contribution in [-0.4, -0.2) is 411 Å². The summed E-state index contributed by atoms with van der Waals surface area (Å²) in [5.74, 6) is 0. The van der Waals surface area contributed by atoms with E-state index in [1.807, 2.05) is 0 Å². The van der Waals surface area contributed by atoms with Crippen LogP contribution in [0.5, 0.6) is 0 Å². The second-order valence-electron chi connectivity index (χ2n) is 22.6. The number of aliphatic hydroxyl groups is 22. The van der Waals surface area contributed by atoms with Crippen LogP contribution in [-0.2, 0) is 75.8 Å². The van der Waals surface area contributed by atoms with Gasteiger partial charge in [0, 0.05) is 0 Å². The van der Waals surface area contributed by atoms with E-state index in [9.17, 15) is 112 Å². The van der Waals surface area contributed by atoms with Gasteiger partial charge in [-0.1, -0.05) is 0 Å². The molecule has 0 aromatic carbocycles. The van der Waals surface area contributed by atoms with E-state index in [1.54, 1.807) is 0 Å². The molecule has 30 aliphatic heterocycles. The number of aliphatic hydroxyl groups excluding tert-OH is 22. The van der Waals surface area contributed by atoms with E-state index in [-0.39, 0.29) is 0 Å². The highest BCUT2D eigenvalue weighted by atomic mass is 16.8. The Labute approximate surface area is 497 Å². The van der Waals surface area contributed by atoms with Gasteiger partial charge in [-0.3, -0.25) is 0 Å². The molecule has 30 aliphatic rings. The molecule has 30 heterocycles. The molecule has 0 aromatic heterocycles. The first kappa shape index (κ1) is 70.7. The predicted octanol–water partition coefficient (Wildman–Crippen LogP) is -17.5. The molecule has 512 valence electrons. The Kier molecular flexibility index (Phi) is 24.1. The lowest BCUT2D eigenvalue weighted by Gasteiger charge is -2.51. The zero-order valence-electron chi connectivity index (χ0n) is 46.3. The van der Waals surface area contributed by atoms with Crippen LogP contribution in [0.2, 0.25) is 0 Å². The van der Waals surface area contributed by atoms with Crippen LogP contribution in [0.4, 0.5) is 0 Å². The molecule has 0 spiro atoms. The minimum atomic E-state index is -2.23. The molecule has 0 aliphatic carbocycles. The van der Waals surface area contributed by atoms with Crippen molar-refractivity contribution in [2.45, 2.75) is 246 Å². The van der Waals surface area contributed by atoms with Gasteiger partial charge in [-0.15, -0.1) is 0 Å². The van der Waals surface area contributed by atoms with E-state index >= 15 is 0 Å². The summed E-state index contributed by atoms with van der Waals surface area (Å²) in [4.78, 5) is 0. The number of hydrogen-bond acceptors (Lipinski definition) is 40. The second-order valence-corrected chi connectivity index (χ2v) is 22.6. The minimum absolute atomic E-state index is 0.988. The smallest absolute Gasteiger partial charge is 0.187 e. The summed E-state index contributed by atoms with van der Waals surface area (Å²) in [7, 11) is 0. The van der Waals surface area contributed by atoms with Crippen LogP contribution >= 0.6 is 0 Å². The van der Waals surface area contributed by atoms with Crippen LogP contribution in [0, 0.1) is 0 Å². The predicted molar refractivity (Wildman–Crippen MR) is 265 cm³/mol. The average Bonchev–Trinajstić information content (AvgIpc) is 1.09. The molecule has 0 amide bonds. The summed E-state index contributed by atoms with van der Waals surface area (Å²) < 4.78 is 92.0. The Bertz CT molecular complexity index is 1720. The number of rotatable bonds is 8. The van der Waals surface area contributed by atoms with Crippen molar-refractivity contribution in [2.75, 3.05) is 52.9 Å². The molecular weight excluding hydrogens is 1210 g/mol. The molecule has 40 atom stereocenters. The molecular formula is C48H82N2O38. The van der Waals surface area contributed by atoms with Crippen LogP contribution < -0.4 is 11.5 Å². The van der Waals surface area contributed by atoms with E-state index in [0.29, 0.717) is 0 Å². The highest BCUT2D eigenvalue weighted by Gasteiger charge is 2.60. The topological polar surface area (TPSA) is 645 Å². The van der Waals surface area contributed by atoms with Crippen molar-refractivity contribution in [3.05, 3.63) is 0 Å². The first-order valence-electron chi connectivity index (χ1n) is 28.3. The Morgan fingerprint density at radius 2 is 0.295 bits per heavy atom. The fourth-order valence-electron chi connectivity index (χ4n) is 12.0. The Hall–Kier alpha value is -1.60. The second kappa shape index (κ2) is 30.0. The molecule has 40 heteroatoms. The molecule has 30 rings (SSSR count). The summed E-state index contributed by atoms with van der Waals surface area (Å²) >= 11 is 0. The van der Waals surface area contributed by atoms with Gasteiger partial charge in [0.1, 0.15) is 183 Å². The Morgan fingerprint density at radius 1 is 0.170 bits per heavy atom. The number of ether oxygens (including phenoxy) is 16. The normalized spacial score (nSPS) is 55.4. The van der Waals surface area contributed by atoms with Crippen LogP contribution in [0.15, 0.2) is 0 Å². The van der Waals surface area contributed by atoms with Crippen molar-refractivity contribution in [1.82, 2.24) is 0 Å². The summed E-state index contributed by atoms with van der Waals surface area (Å²) in [5.41, 5.74) is 12.8. The van der Waals surface area contributed by atoms with Gasteiger partial charge < -0.3 is 200 Å². The maximum Gasteiger partial charge on any atom is 0.187 e. The van der Waals surface area contributed by atoms with Crippen LogP contribution in [0.25, 0.3) is 0 Å². The van der Waals surface area contributed by atoms with E-state index in [0.717, 1.165) is 0 Å². The fourth-order valence-corrected chi connectivity index (χ4v) is 12.0. The summed E-state index contributed by atoms with van der Waals surface area (Å²) in [6.45, 7) is -8.28. The molecule has 16 bridgehead atoms. The molecule has 0 saturated carbocycles. The lowest BCUT2D eigenvalue weighted by molar-refractivity contribution is -0.399. The van der Waals surface area contributed by atoms with E-state index in [1.165, 1.54) is 0 Å². The lowest BCUT2D eigenvalue weighted by Crippen LogP contribution is -2.70. The van der Waals surface area contributed by atoms with Crippen LogP contribution in [0.3, 0.4) is 0 Å². The summed E-state index contributed by atoms with van der Waals surface area (Å²) in [6, 6.07) is -3.38. The van der Waals surface area contributed by atoms with Crippen molar-refractivity contribution in [3.8, 4) is 0 Å². The monoisotopic (exact) mass is 1290 g/mol. The first-order valence-corrected chi connectivity index (χ1v) is 28.3. The van der Waals surface area contributed by atoms with E-state index in [4.69, 9.17) is 87.3 Å². The summed E-state index contributed by atoms with van der Waals surface area (Å²) in [6.07, 6.45) is -74.8. The standard InChI is InChI=1S/C48H82N2O38/c49-17-19(59)41-73-10(2-52)34(17)82-44-28(68)22(62)37(13(5-55)76-44)85-46-30(70)24(64)39(15(7-57)78-46)87-48-32(72)26(66)40(16(8-58)80-48)88-47-31(71)25(65)38(14(6-56)79-47)86-45-29(69)23(63)36(12(4-54)77-45)84-42-20(60)18(50)33(9(1-51)74-42)81-43-27(67)21(61)35(83-41)11(3-53)75-43/h9-48,51-72H,1-8,49-50H2/t9-,10-,11-,12-,13-,14-,15-,16-,17-,18-,19-,20-,21-,22-,23-,24-,25-,26-,27-,28-,29-,30-,31-,32-,33-,34-,35-,36-,37-,38-,39-,40-,41-,42-,43-,44-,45-,46-,47-,48-/m1/s1. The number of hydrogen-bond donors (Lipinski definition) is 24. The van der Waals surface area contributed by atoms with Crippen LogP contribution in [0.1, 0.15) is 0 Å². The molecule has 0 unspecified atom stereocenters. The summed E-state index contributed by atoms with van der Waals surface area (Å²) in [5, 5.41) is 243. The Balaban J connectivity index is 0.975. The third-order valence-electron chi connectivity index (χ3n) is 17.1. The quantitative estimate of drug-likeness (QED) is 0.107. The van der Waals surface area contributed by atoms with E-state index in [2.05, 4.69) is 0 Å². The van der Waals surface area contributed by atoms with Gasteiger partial charge in [0.05, 0.1) is 64.9 Å². The van der Waals surface area contributed by atoms with Gasteiger partial charge in [0.2, 0.25) is 0 Å². The van der Waals surface area contributed by atoms with Crippen molar-refractivity contribution < 1.29 is 188 Å². The third kappa shape index (κ3) is 13.8. The molecule has 0 radical (unpaired) electrons. The highest BCUT2D eigenvalue weighted by molar-refractivity contribution is 5.03. The molecule has 26 N–H and O–H groups in total. The molecule has 88 heavy (non-hydrogen) atoms. The van der Waals surface area contributed by atoms with Gasteiger partial charge in [-0.2, -0.15) is 0 Å². The van der Waals surface area contributed by atoms with Crippen molar-refractivity contribution in [3.63, 3.8) is 0 Å². The van der Waals surface area contributed by atoms with Crippen molar-refractivity contribution >= 4 is 0 Å². The van der Waals surface area contributed by atoms with E-state index < -0.39 is 298 Å². The Morgan fingerprint density at radius 3 is 0.443 bits per heavy atom. The molecule has 30 saturated heterocycles. The van der Waals surface area contributed by atoms with Gasteiger partial charge >= 0.3 is 0 Å². The van der Waals surface area contributed by atoms with Gasteiger partial charge in [0.25, 0.3) is 0 Å². The zero-order valence-corrected chi connectivity index (χ0v) is 46.3. The van der Waals surface area contributed by atoms with Gasteiger partial charge in [-0.05, 0) is 0 Å². The SMILES string of the molecule is N[C@@H]1[C@@H](O)[C@H]2O[C@H]3[C@H](O)[C@@H](O)[C@@H](O[C@H]4[C@H](O)[C@@H](O)[C@@H](O[C@H]5[C@H](O)[C@@H](O)[C@@H](O[C@H]6[C@H](O)[C@@H](O)[C@@H](O[C@H]7[C@H](O)[C@@H](O)[C@@H](O[C@H]8[C@H](N)[C@@H](O)[C@@H](O[C@H]9[C@H](O)[C@@H](O)[C@@H](O[C@@H]1[C@@H](CO)O2)O[C@@H]9CO)O[C@@H]8CO)O[C@@H]7CO)O[C@@H]6CO)O[C@@H]5CO)O[C@@H]4CO)O[C@@H]3CO. The average molecular weight is 1300 g/mol. The molecule has 40 nitrogen and oxygen atoms in total. The fraction of sp³-hybridized carbons (Fsp3) is 1.00. The minimum Gasteiger partial charge on any atom is -0.394 e. The first-order chi connectivity index (χ1) is 41.9. The van der Waals surface area contributed by atoms with Crippen molar-refractivity contribution in [2.24, 2.45) is 11.5 Å². The number of nitrogens with two attached hydrogens (primary N) is 2. The zero-order chi connectivity index (χ0) is 64.1. The van der Waals surface area contributed by atoms with Crippen molar-refractivity contribution in [1.29, 1.82) is 0 Å². The maximum absolute atomic E-state index is 11.5. The highest BCUT2D eigenvalue weighted by Crippen LogP contribution is 2.39. The molecule has 30 fully saturated rings. The largest absolute Gasteiger partial charge is 0.394 e. The molecule has 0 aromatic rings. The lowest BCUT2D eigenvalue weighted by atomic mass is 9.94.